The lowest BCUT2D eigenvalue weighted by molar-refractivity contribution is -0.385. The number of nitro benzene ring substituents is 1. The number of unbranched alkanes of at least 4 members (excludes halogenated alkanes) is 8. The standard InChI is InChI=1S/C46H62N6O11.ClH/c1-5-6-7-8-9-10-11-12-16-19-39(54)50-41(46(58)59)40-31-26-36(53)42(62-4)38(27-31)63-37-21-20-30(25-35(37)52(60)61)24-34(48-43(55)32(47)22-28(2)3)44(56)49-33(45(57)51-40)23-29-17-14-13-15-18-29;/h13-15,17-18,20-21,25-28,32-34,40-41,53H,5-12,16,19,22-24,47H2,1-4H3,(H,48,55)(H,49,56)(H,50,54)(H,51,57)(H,58,59);1H/t32-,33-,34+,40-,41+;/m1./s1. The molecule has 2 aliphatic rings. The van der Waals surface area contributed by atoms with Crippen LogP contribution >= 0.6 is 12.4 Å². The van der Waals surface area contributed by atoms with Crippen molar-refractivity contribution in [1.82, 2.24) is 21.3 Å². The lowest BCUT2D eigenvalue weighted by atomic mass is 9.96. The van der Waals surface area contributed by atoms with Crippen molar-refractivity contribution in [2.45, 2.75) is 134 Å². The Labute approximate surface area is 380 Å². The van der Waals surface area contributed by atoms with Crippen LogP contribution in [0.1, 0.15) is 114 Å². The molecule has 0 aliphatic carbocycles. The van der Waals surface area contributed by atoms with Crippen molar-refractivity contribution >= 4 is 47.7 Å². The Kier molecular flexibility index (Phi) is 21.3. The monoisotopic (exact) mass is 910 g/mol. The number of carboxylic acids is 1. The average Bonchev–Trinajstić information content (AvgIpc) is 3.23. The summed E-state index contributed by atoms with van der Waals surface area (Å²) in [5.74, 6) is -5.91. The molecule has 18 heteroatoms. The Morgan fingerprint density at radius 2 is 1.59 bits per heavy atom. The average molecular weight is 911 g/mol. The molecule has 17 nitrogen and oxygen atoms in total. The van der Waals surface area contributed by atoms with Gasteiger partial charge in [-0.3, -0.25) is 29.3 Å². The van der Waals surface area contributed by atoms with Gasteiger partial charge in [0, 0.05) is 25.3 Å². The maximum absolute atomic E-state index is 14.6. The van der Waals surface area contributed by atoms with Gasteiger partial charge in [-0.1, -0.05) is 109 Å². The minimum absolute atomic E-state index is 0. The van der Waals surface area contributed by atoms with Gasteiger partial charge in [0.25, 0.3) is 0 Å². The van der Waals surface area contributed by atoms with Crippen LogP contribution in [0.25, 0.3) is 0 Å². The Morgan fingerprint density at radius 3 is 2.20 bits per heavy atom. The van der Waals surface area contributed by atoms with Crippen LogP contribution in [0.4, 0.5) is 5.69 Å². The van der Waals surface area contributed by atoms with Gasteiger partial charge < -0.3 is 46.7 Å². The number of phenols is 1. The highest BCUT2D eigenvalue weighted by atomic mass is 35.5. The van der Waals surface area contributed by atoms with E-state index in [1.165, 1.54) is 44.2 Å². The fourth-order valence-corrected chi connectivity index (χ4v) is 7.52. The van der Waals surface area contributed by atoms with Crippen LogP contribution in [0.5, 0.6) is 23.0 Å². The number of nitro groups is 1. The number of benzene rings is 3. The first kappa shape index (κ1) is 52.4. The molecule has 64 heavy (non-hydrogen) atoms. The van der Waals surface area contributed by atoms with Gasteiger partial charge in [0.15, 0.2) is 17.5 Å². The summed E-state index contributed by atoms with van der Waals surface area (Å²) in [6.45, 7) is 5.91. The molecule has 0 radical (unpaired) electrons. The van der Waals surface area contributed by atoms with E-state index in [0.29, 0.717) is 12.0 Å². The van der Waals surface area contributed by atoms with Crippen LogP contribution in [0.2, 0.25) is 0 Å². The van der Waals surface area contributed by atoms with Crippen LogP contribution in [-0.4, -0.2) is 76.0 Å². The molecular formula is C46H63ClN6O11. The number of amides is 4. The summed E-state index contributed by atoms with van der Waals surface area (Å²) < 4.78 is 11.4. The van der Waals surface area contributed by atoms with E-state index < -0.39 is 76.2 Å². The van der Waals surface area contributed by atoms with Gasteiger partial charge in [-0.05, 0) is 53.6 Å². The molecule has 0 saturated heterocycles. The molecule has 2 heterocycles. The molecule has 5 rings (SSSR count). The molecule has 5 atom stereocenters. The van der Waals surface area contributed by atoms with Crippen molar-refractivity contribution in [3.63, 3.8) is 0 Å². The number of ether oxygens (including phenoxy) is 2. The second-order valence-corrected chi connectivity index (χ2v) is 16.4. The van der Waals surface area contributed by atoms with E-state index in [1.807, 2.05) is 13.8 Å². The molecule has 4 amide bonds. The number of fused-ring (bicyclic) bond motifs is 9. The summed E-state index contributed by atoms with van der Waals surface area (Å²) in [4.78, 5) is 80.6. The van der Waals surface area contributed by atoms with Crippen molar-refractivity contribution in [2.24, 2.45) is 11.7 Å². The van der Waals surface area contributed by atoms with Crippen molar-refractivity contribution in [3.05, 3.63) is 87.5 Å². The summed E-state index contributed by atoms with van der Waals surface area (Å²) in [6.07, 6.45) is 8.89. The minimum Gasteiger partial charge on any atom is -0.504 e. The van der Waals surface area contributed by atoms with E-state index in [-0.39, 0.29) is 72.4 Å². The van der Waals surface area contributed by atoms with Gasteiger partial charge in [-0.2, -0.15) is 0 Å². The van der Waals surface area contributed by atoms with E-state index in [4.69, 9.17) is 15.2 Å². The van der Waals surface area contributed by atoms with Gasteiger partial charge in [-0.15, -0.1) is 12.4 Å². The number of nitrogens with zero attached hydrogens (tertiary/aromatic N) is 1. The number of aliphatic carboxylic acids is 1. The Balaban J connectivity index is 0.0000109. The molecule has 2 aliphatic heterocycles. The molecule has 4 bridgehead atoms. The maximum Gasteiger partial charge on any atom is 0.328 e. The Hall–Kier alpha value is -5.94. The van der Waals surface area contributed by atoms with Gasteiger partial charge in [0.05, 0.1) is 24.1 Å². The smallest absolute Gasteiger partial charge is 0.328 e. The number of nitrogens with two attached hydrogens (primary N) is 1. The zero-order valence-corrected chi connectivity index (χ0v) is 37.7. The summed E-state index contributed by atoms with van der Waals surface area (Å²) >= 11 is 0. The Bertz CT molecular complexity index is 2050. The van der Waals surface area contributed by atoms with Crippen LogP contribution in [0, 0.1) is 16.0 Å². The number of hydrogen-bond acceptors (Lipinski definition) is 11. The lowest BCUT2D eigenvalue weighted by Crippen LogP contribution is -2.58. The highest BCUT2D eigenvalue weighted by Gasteiger charge is 2.37. The largest absolute Gasteiger partial charge is 0.504 e. The number of nitrogens with one attached hydrogen (secondary N) is 4. The first-order valence-electron chi connectivity index (χ1n) is 21.7. The third-order valence-corrected chi connectivity index (χ3v) is 10.8. The fraction of sp³-hybridized carbons (Fsp3) is 0.500. The number of phenolic OH excluding ortho intramolecular Hbond substituents is 1. The van der Waals surface area contributed by atoms with Crippen molar-refractivity contribution in [1.29, 1.82) is 0 Å². The number of methoxy groups -OCH3 is 1. The molecule has 0 aromatic heterocycles. The van der Waals surface area contributed by atoms with E-state index >= 15 is 0 Å². The molecule has 0 saturated carbocycles. The third-order valence-electron chi connectivity index (χ3n) is 10.8. The summed E-state index contributed by atoms with van der Waals surface area (Å²) in [5, 5.41) is 45.0. The van der Waals surface area contributed by atoms with Crippen LogP contribution in [0.3, 0.4) is 0 Å². The highest BCUT2D eigenvalue weighted by molar-refractivity contribution is 5.94. The van der Waals surface area contributed by atoms with E-state index in [9.17, 15) is 44.3 Å². The van der Waals surface area contributed by atoms with E-state index in [2.05, 4.69) is 28.2 Å². The normalized spacial score (nSPS) is 17.2. The van der Waals surface area contributed by atoms with Gasteiger partial charge in [0.2, 0.25) is 35.1 Å². The Morgan fingerprint density at radius 1 is 0.938 bits per heavy atom. The number of halogens is 1. The molecule has 0 fully saturated rings. The quantitative estimate of drug-likeness (QED) is 0.0352. The number of rotatable bonds is 21. The zero-order chi connectivity index (χ0) is 46.1. The predicted octanol–water partition coefficient (Wildman–Crippen LogP) is 6.31. The molecule has 0 unspecified atom stereocenters. The van der Waals surface area contributed by atoms with Crippen molar-refractivity contribution in [2.75, 3.05) is 7.11 Å². The number of carboxylic acid groups (broad SMARTS) is 1. The molecular weight excluding hydrogens is 848 g/mol. The number of carbonyl (C=O) groups is 5. The summed E-state index contributed by atoms with van der Waals surface area (Å²) in [7, 11) is 1.22. The molecule has 350 valence electrons. The van der Waals surface area contributed by atoms with Crippen molar-refractivity contribution in [3.8, 4) is 23.0 Å². The topological polar surface area (TPSA) is 262 Å². The van der Waals surface area contributed by atoms with E-state index in [1.54, 1.807) is 30.3 Å². The number of aromatic hydroxyl groups is 1. The number of hydrogen-bond donors (Lipinski definition) is 7. The van der Waals surface area contributed by atoms with Gasteiger partial charge in [-0.25, -0.2) is 4.79 Å². The second-order valence-electron chi connectivity index (χ2n) is 16.4. The zero-order valence-electron chi connectivity index (χ0n) is 36.9. The van der Waals surface area contributed by atoms with Crippen molar-refractivity contribution < 1.29 is 48.6 Å². The van der Waals surface area contributed by atoms with Crippen LogP contribution < -0.4 is 36.5 Å². The first-order chi connectivity index (χ1) is 30.1. The third kappa shape index (κ3) is 15.7. The molecule has 8 N–H and O–H groups in total. The first-order valence-corrected chi connectivity index (χ1v) is 21.7. The minimum atomic E-state index is -1.84. The van der Waals surface area contributed by atoms with Crippen LogP contribution in [0.15, 0.2) is 60.7 Å². The molecule has 3 aromatic rings. The predicted molar refractivity (Wildman–Crippen MR) is 243 cm³/mol. The van der Waals surface area contributed by atoms with E-state index in [0.717, 1.165) is 44.6 Å². The van der Waals surface area contributed by atoms with Crippen LogP contribution in [-0.2, 0) is 36.8 Å². The molecule has 0 spiro atoms. The summed E-state index contributed by atoms with van der Waals surface area (Å²) in [6, 6.07) is 7.64. The van der Waals surface area contributed by atoms with Gasteiger partial charge >= 0.3 is 11.7 Å². The fourth-order valence-electron chi connectivity index (χ4n) is 7.52. The highest BCUT2D eigenvalue weighted by Crippen LogP contribution is 2.44. The SMILES string of the molecule is CCCCCCCCCCCC(=O)N[C@H](C(=O)O)[C@@H]1NC(=O)[C@@H](Cc2ccccc2)NC(=O)[C@@H](NC(=O)[C@H](N)CC(C)C)Cc2ccc(c([N+](=O)[O-])c2)Oc2cc1cc(O)c2OC.Cl. The second kappa shape index (κ2) is 26.0. The lowest BCUT2D eigenvalue weighted by Gasteiger charge is -2.30. The molecule has 3 aromatic carbocycles. The maximum atomic E-state index is 14.6. The van der Waals surface area contributed by atoms with Gasteiger partial charge in [0.1, 0.15) is 12.1 Å². The summed E-state index contributed by atoms with van der Waals surface area (Å²) in [5.41, 5.74) is 6.40. The number of carbonyl (C=O) groups excluding carboxylic acids is 4.